The van der Waals surface area contributed by atoms with Crippen molar-refractivity contribution in [3.05, 3.63) is 62.7 Å². The maximum atomic E-state index is 5.97. The molecule has 0 atom stereocenters. The highest BCUT2D eigenvalue weighted by Gasteiger charge is 2.14. The number of rotatable bonds is 8. The summed E-state index contributed by atoms with van der Waals surface area (Å²) < 4.78 is 16.9. The Balaban J connectivity index is 1.78. The van der Waals surface area contributed by atoms with Crippen LogP contribution in [-0.2, 0) is 6.61 Å². The average molecular weight is 495 g/mol. The first kappa shape index (κ1) is 21.6. The summed E-state index contributed by atoms with van der Waals surface area (Å²) in [4.78, 5) is 0. The third-order valence-corrected chi connectivity index (χ3v) is 4.64. The number of amidine groups is 1. The number of nitrogens with zero attached hydrogens (tertiary/aromatic N) is 3. The van der Waals surface area contributed by atoms with Crippen LogP contribution in [0, 0.1) is 0 Å². The molecule has 0 saturated heterocycles. The van der Waals surface area contributed by atoms with Crippen molar-refractivity contribution < 1.29 is 19.2 Å². The Labute approximate surface area is 185 Å². The lowest BCUT2D eigenvalue weighted by Gasteiger charge is -2.14. The summed E-state index contributed by atoms with van der Waals surface area (Å²) in [5.41, 5.74) is 13.3. The van der Waals surface area contributed by atoms with Crippen molar-refractivity contribution in [3.63, 3.8) is 0 Å². The van der Waals surface area contributed by atoms with Crippen molar-refractivity contribution in [3.8, 4) is 11.5 Å². The van der Waals surface area contributed by atoms with Crippen LogP contribution in [0.3, 0.4) is 0 Å². The first-order chi connectivity index (χ1) is 14.5. The van der Waals surface area contributed by atoms with Gasteiger partial charge in [0.05, 0.1) is 11.1 Å². The highest BCUT2D eigenvalue weighted by Crippen LogP contribution is 2.37. The highest BCUT2D eigenvalue weighted by molar-refractivity contribution is 9.10. The van der Waals surface area contributed by atoms with E-state index in [-0.39, 0.29) is 17.3 Å². The number of benzene rings is 2. The van der Waals surface area contributed by atoms with Crippen LogP contribution < -0.4 is 26.0 Å². The van der Waals surface area contributed by atoms with E-state index in [1.54, 1.807) is 6.21 Å². The van der Waals surface area contributed by atoms with Crippen molar-refractivity contribution in [2.24, 2.45) is 10.8 Å². The summed E-state index contributed by atoms with van der Waals surface area (Å²) in [6, 6.07) is 11.1. The molecule has 3 rings (SSSR count). The summed E-state index contributed by atoms with van der Waals surface area (Å²) >= 11 is 9.46. The quantitative estimate of drug-likeness (QED) is 0.247. The van der Waals surface area contributed by atoms with E-state index in [9.17, 15) is 0 Å². The van der Waals surface area contributed by atoms with Crippen molar-refractivity contribution in [1.29, 1.82) is 0 Å². The first-order valence-electron chi connectivity index (χ1n) is 8.81. The van der Waals surface area contributed by atoms with Gasteiger partial charge in [-0.15, -0.1) is 5.10 Å². The van der Waals surface area contributed by atoms with Gasteiger partial charge in [-0.05, 0) is 63.0 Å². The largest absolute Gasteiger partial charge is 0.490 e. The van der Waals surface area contributed by atoms with Crippen LogP contribution >= 0.6 is 27.5 Å². The first-order valence-corrected chi connectivity index (χ1v) is 9.99. The fraction of sp³-hybridized carbons (Fsp3) is 0.158. The normalized spacial score (nSPS) is 11.8. The third-order valence-electron chi connectivity index (χ3n) is 3.80. The smallest absolute Gasteiger partial charge is 0.224 e. The van der Waals surface area contributed by atoms with Gasteiger partial charge in [-0.2, -0.15) is 0 Å². The van der Waals surface area contributed by atoms with E-state index in [4.69, 9.17) is 32.5 Å². The van der Waals surface area contributed by atoms with Gasteiger partial charge < -0.3 is 20.9 Å². The molecule has 1 heterocycles. The molecule has 0 bridgehead atoms. The molecule has 11 heteroatoms. The minimum Gasteiger partial charge on any atom is -0.490 e. The lowest BCUT2D eigenvalue weighted by atomic mass is 10.2. The Morgan fingerprint density at radius 2 is 2.03 bits per heavy atom. The molecule has 3 aromatic rings. The number of hydrogen-bond donors (Lipinski definition) is 3. The van der Waals surface area contributed by atoms with Gasteiger partial charge >= 0.3 is 0 Å². The third kappa shape index (κ3) is 5.49. The molecule has 0 saturated carbocycles. The van der Waals surface area contributed by atoms with Gasteiger partial charge in [-0.25, -0.2) is 4.63 Å². The number of ether oxygens (including phenoxy) is 2. The fourth-order valence-corrected chi connectivity index (χ4v) is 3.11. The van der Waals surface area contributed by atoms with Gasteiger partial charge in [0, 0.05) is 15.7 Å². The lowest BCUT2D eigenvalue weighted by molar-refractivity contribution is -0.456. The predicted octanol–water partition coefficient (Wildman–Crippen LogP) is 1.87. The van der Waals surface area contributed by atoms with E-state index in [0.717, 1.165) is 15.6 Å². The van der Waals surface area contributed by atoms with Crippen molar-refractivity contribution in [2.45, 2.75) is 13.5 Å². The van der Waals surface area contributed by atoms with Crippen LogP contribution in [0.2, 0.25) is 5.02 Å². The highest BCUT2D eigenvalue weighted by atomic mass is 79.9. The van der Waals surface area contributed by atoms with E-state index in [0.29, 0.717) is 29.7 Å². The van der Waals surface area contributed by atoms with Gasteiger partial charge in [0.15, 0.2) is 23.0 Å². The van der Waals surface area contributed by atoms with Crippen LogP contribution in [0.15, 0.2) is 50.6 Å². The zero-order chi connectivity index (χ0) is 21.5. The molecule has 2 aromatic carbocycles. The standard InChI is InChI=1S/C19H18BrClN6O3/c1-2-28-15-8-12(9-24-25-18(22)16-19(23)27-30-26-16)7-14(20)17(15)29-10-11-3-5-13(21)6-4-11/h3-9H,2,10H2,1H3,(H2,22,25)(H2,23,27)/p+1. The van der Waals surface area contributed by atoms with Gasteiger partial charge in [0.25, 0.3) is 0 Å². The molecule has 0 aliphatic rings. The van der Waals surface area contributed by atoms with Crippen molar-refractivity contribution >= 4 is 45.4 Å². The van der Waals surface area contributed by atoms with E-state index in [2.05, 4.69) is 41.1 Å². The van der Waals surface area contributed by atoms with Crippen LogP contribution in [-0.4, -0.2) is 29.0 Å². The Hall–Kier alpha value is -3.11. The van der Waals surface area contributed by atoms with Crippen molar-refractivity contribution in [1.82, 2.24) is 10.3 Å². The van der Waals surface area contributed by atoms with E-state index >= 15 is 0 Å². The predicted molar refractivity (Wildman–Crippen MR) is 117 cm³/mol. The monoisotopic (exact) mass is 493 g/mol. The molecule has 0 amide bonds. The zero-order valence-electron chi connectivity index (χ0n) is 15.9. The molecule has 156 valence electrons. The lowest BCUT2D eigenvalue weighted by Crippen LogP contribution is -2.63. The molecule has 9 nitrogen and oxygen atoms in total. The topological polar surface area (TPSA) is 136 Å². The Morgan fingerprint density at radius 1 is 1.27 bits per heavy atom. The van der Waals surface area contributed by atoms with Gasteiger partial charge in [0.2, 0.25) is 12.1 Å². The molecule has 0 fully saturated rings. The Morgan fingerprint density at radius 3 is 2.70 bits per heavy atom. The van der Waals surface area contributed by atoms with Crippen LogP contribution in [0.1, 0.15) is 23.7 Å². The number of aromatic nitrogens is 2. The number of hydrogen-bond acceptors (Lipinski definition) is 7. The maximum Gasteiger partial charge on any atom is 0.224 e. The molecular weight excluding hydrogens is 476 g/mol. The summed E-state index contributed by atoms with van der Waals surface area (Å²) in [5.74, 6) is 1.27. The zero-order valence-corrected chi connectivity index (χ0v) is 18.3. The maximum absolute atomic E-state index is 5.97. The van der Waals surface area contributed by atoms with E-state index < -0.39 is 0 Å². The second kappa shape index (κ2) is 10.1. The summed E-state index contributed by atoms with van der Waals surface area (Å²) in [6.45, 7) is 2.74. The molecule has 0 aliphatic heterocycles. The molecule has 5 N–H and O–H groups in total. The molecule has 0 radical (unpaired) electrons. The number of halogens is 2. The summed E-state index contributed by atoms with van der Waals surface area (Å²) in [7, 11) is 0. The SMILES string of the molecule is CCOc1cc(C=[NH+]N=C(N)c2nonc2N)cc(Br)c1OCc1ccc(Cl)cc1. The molecule has 0 unspecified atom stereocenters. The minimum atomic E-state index is 0.0389. The van der Waals surface area contributed by atoms with E-state index in [1.165, 1.54) is 0 Å². The fourth-order valence-electron chi connectivity index (χ4n) is 2.41. The molecular formula is C19H19BrClN6O3+. The molecule has 0 spiro atoms. The number of nitrogen functional groups attached to an aromatic ring is 1. The second-order valence-corrected chi connectivity index (χ2v) is 7.24. The Bertz CT molecular complexity index is 1070. The van der Waals surface area contributed by atoms with Gasteiger partial charge in [0.1, 0.15) is 6.61 Å². The Kier molecular flexibility index (Phi) is 7.26. The minimum absolute atomic E-state index is 0.0389. The van der Waals surface area contributed by atoms with Crippen LogP contribution in [0.5, 0.6) is 11.5 Å². The van der Waals surface area contributed by atoms with Gasteiger partial charge in [-0.3, -0.25) is 0 Å². The van der Waals surface area contributed by atoms with E-state index in [1.807, 2.05) is 43.3 Å². The van der Waals surface area contributed by atoms with Crippen molar-refractivity contribution in [2.75, 3.05) is 12.3 Å². The number of anilines is 1. The van der Waals surface area contributed by atoms with Gasteiger partial charge in [-0.1, -0.05) is 23.7 Å². The average Bonchev–Trinajstić information content (AvgIpc) is 3.15. The second-order valence-electron chi connectivity index (χ2n) is 5.95. The molecule has 0 aliphatic carbocycles. The number of nitrogens with one attached hydrogen (secondary N) is 1. The summed E-state index contributed by atoms with van der Waals surface area (Å²) in [5, 5.41) is 14.4. The van der Waals surface area contributed by atoms with Crippen LogP contribution in [0.25, 0.3) is 0 Å². The molecule has 30 heavy (non-hydrogen) atoms. The number of nitrogens with two attached hydrogens (primary N) is 2. The number of hydrazone groups is 1. The molecule has 1 aromatic heterocycles. The summed E-state index contributed by atoms with van der Waals surface area (Å²) in [6.07, 6.45) is 1.63. The van der Waals surface area contributed by atoms with Crippen LogP contribution in [0.4, 0.5) is 5.82 Å².